The summed E-state index contributed by atoms with van der Waals surface area (Å²) in [6, 6.07) is 5.59. The number of halogens is 1. The second-order valence-electron chi connectivity index (χ2n) is 4.20. The SMILES string of the molecule is COCC1c2cccc(C)c2C(=O)N1CCF. The molecule has 0 aromatic heterocycles. The molecule has 1 amide bonds. The Bertz CT molecular complexity index is 433. The molecule has 1 aliphatic heterocycles. The highest BCUT2D eigenvalue weighted by molar-refractivity contribution is 6.00. The van der Waals surface area contributed by atoms with Crippen LogP contribution in [0.1, 0.15) is 27.5 Å². The van der Waals surface area contributed by atoms with Crippen molar-refractivity contribution in [3.8, 4) is 0 Å². The topological polar surface area (TPSA) is 29.5 Å². The molecule has 1 aromatic carbocycles. The zero-order chi connectivity index (χ0) is 12.4. The van der Waals surface area contributed by atoms with Crippen LogP contribution in [0, 0.1) is 6.92 Å². The summed E-state index contributed by atoms with van der Waals surface area (Å²) in [5.74, 6) is -0.0854. The van der Waals surface area contributed by atoms with E-state index in [1.54, 1.807) is 12.0 Å². The average molecular weight is 237 g/mol. The van der Waals surface area contributed by atoms with Gasteiger partial charge in [-0.15, -0.1) is 0 Å². The Hall–Kier alpha value is -1.42. The minimum Gasteiger partial charge on any atom is -0.382 e. The number of carbonyl (C=O) groups is 1. The molecule has 1 heterocycles. The number of aryl methyl sites for hydroxylation is 1. The molecule has 0 aliphatic carbocycles. The van der Waals surface area contributed by atoms with E-state index in [4.69, 9.17) is 4.74 Å². The van der Waals surface area contributed by atoms with Gasteiger partial charge in [-0.05, 0) is 18.1 Å². The molecule has 1 aliphatic rings. The minimum absolute atomic E-state index is 0.0854. The van der Waals surface area contributed by atoms with E-state index in [0.29, 0.717) is 12.2 Å². The van der Waals surface area contributed by atoms with E-state index in [1.165, 1.54) is 0 Å². The lowest BCUT2D eigenvalue weighted by molar-refractivity contribution is 0.0582. The lowest BCUT2D eigenvalue weighted by atomic mass is 10.0. The number of hydrogen-bond donors (Lipinski definition) is 0. The summed E-state index contributed by atoms with van der Waals surface area (Å²) in [6.07, 6.45) is 0. The number of benzene rings is 1. The zero-order valence-electron chi connectivity index (χ0n) is 10.1. The van der Waals surface area contributed by atoms with Gasteiger partial charge in [0.1, 0.15) is 6.67 Å². The zero-order valence-corrected chi connectivity index (χ0v) is 10.1. The Kier molecular flexibility index (Phi) is 3.43. The number of alkyl halides is 1. The van der Waals surface area contributed by atoms with Gasteiger partial charge in [-0.2, -0.15) is 0 Å². The first-order valence-electron chi connectivity index (χ1n) is 5.66. The number of amides is 1. The lowest BCUT2D eigenvalue weighted by Crippen LogP contribution is -2.32. The van der Waals surface area contributed by atoms with E-state index < -0.39 is 6.67 Å². The maximum atomic E-state index is 12.5. The fraction of sp³-hybridized carbons (Fsp3) is 0.462. The van der Waals surface area contributed by atoms with Crippen LogP contribution in [-0.2, 0) is 4.74 Å². The van der Waals surface area contributed by atoms with Crippen molar-refractivity contribution in [2.75, 3.05) is 26.9 Å². The van der Waals surface area contributed by atoms with Gasteiger partial charge in [0, 0.05) is 12.7 Å². The Morgan fingerprint density at radius 3 is 2.88 bits per heavy atom. The number of fused-ring (bicyclic) bond motifs is 1. The summed E-state index contributed by atoms with van der Waals surface area (Å²) in [5, 5.41) is 0. The smallest absolute Gasteiger partial charge is 0.255 e. The van der Waals surface area contributed by atoms with Gasteiger partial charge in [0.25, 0.3) is 5.91 Å². The monoisotopic (exact) mass is 237 g/mol. The molecule has 2 rings (SSSR count). The van der Waals surface area contributed by atoms with E-state index in [2.05, 4.69) is 0 Å². The molecule has 0 fully saturated rings. The molecule has 0 spiro atoms. The molecule has 92 valence electrons. The summed E-state index contributed by atoms with van der Waals surface area (Å²) in [7, 11) is 1.59. The molecule has 0 N–H and O–H groups in total. The van der Waals surface area contributed by atoms with Gasteiger partial charge in [-0.25, -0.2) is 4.39 Å². The predicted molar refractivity (Wildman–Crippen MR) is 62.8 cm³/mol. The molecule has 1 atom stereocenters. The van der Waals surface area contributed by atoms with Crippen LogP contribution in [0.15, 0.2) is 18.2 Å². The normalized spacial score (nSPS) is 18.6. The fourth-order valence-electron chi connectivity index (χ4n) is 2.40. The molecule has 1 unspecified atom stereocenters. The molecule has 17 heavy (non-hydrogen) atoms. The number of nitrogens with zero attached hydrogens (tertiary/aromatic N) is 1. The Morgan fingerprint density at radius 1 is 1.47 bits per heavy atom. The van der Waals surface area contributed by atoms with Crippen LogP contribution >= 0.6 is 0 Å². The minimum atomic E-state index is -0.529. The van der Waals surface area contributed by atoms with E-state index in [-0.39, 0.29) is 18.5 Å². The van der Waals surface area contributed by atoms with Gasteiger partial charge in [-0.1, -0.05) is 18.2 Å². The lowest BCUT2D eigenvalue weighted by Gasteiger charge is -2.23. The highest BCUT2D eigenvalue weighted by Gasteiger charge is 2.37. The van der Waals surface area contributed by atoms with E-state index in [9.17, 15) is 9.18 Å². The summed E-state index contributed by atoms with van der Waals surface area (Å²) in [6.45, 7) is 1.90. The van der Waals surface area contributed by atoms with Crippen LogP contribution in [0.25, 0.3) is 0 Å². The molecule has 1 aromatic rings. The molecule has 0 saturated heterocycles. The van der Waals surface area contributed by atoms with Crippen molar-refractivity contribution < 1.29 is 13.9 Å². The van der Waals surface area contributed by atoms with Gasteiger partial charge in [-0.3, -0.25) is 4.79 Å². The first-order valence-corrected chi connectivity index (χ1v) is 5.66. The second-order valence-corrected chi connectivity index (χ2v) is 4.20. The average Bonchev–Trinajstić information content (AvgIpc) is 2.57. The summed E-state index contributed by atoms with van der Waals surface area (Å²) in [5.41, 5.74) is 2.60. The van der Waals surface area contributed by atoms with Crippen molar-refractivity contribution in [2.45, 2.75) is 13.0 Å². The maximum Gasteiger partial charge on any atom is 0.255 e. The second kappa shape index (κ2) is 4.84. The number of methoxy groups -OCH3 is 1. The van der Waals surface area contributed by atoms with E-state index >= 15 is 0 Å². The van der Waals surface area contributed by atoms with Crippen LogP contribution in [0.2, 0.25) is 0 Å². The maximum absolute atomic E-state index is 12.5. The van der Waals surface area contributed by atoms with Crippen LogP contribution in [0.5, 0.6) is 0 Å². The first kappa shape index (κ1) is 12.0. The molecular weight excluding hydrogens is 221 g/mol. The van der Waals surface area contributed by atoms with Gasteiger partial charge in [0.05, 0.1) is 19.2 Å². The highest BCUT2D eigenvalue weighted by atomic mass is 19.1. The number of ether oxygens (including phenoxy) is 1. The van der Waals surface area contributed by atoms with E-state index in [1.807, 2.05) is 25.1 Å². The molecule has 4 heteroatoms. The third-order valence-corrected chi connectivity index (χ3v) is 3.16. The molecule has 0 bridgehead atoms. The highest BCUT2D eigenvalue weighted by Crippen LogP contribution is 2.35. The first-order chi connectivity index (χ1) is 8.20. The van der Waals surface area contributed by atoms with Crippen molar-refractivity contribution >= 4 is 5.91 Å². The van der Waals surface area contributed by atoms with E-state index in [0.717, 1.165) is 11.1 Å². The molecule has 3 nitrogen and oxygen atoms in total. The standard InChI is InChI=1S/C13H16FNO2/c1-9-4-3-5-10-11(8-17-2)15(7-6-14)13(16)12(9)10/h3-5,11H,6-8H2,1-2H3. The summed E-state index contributed by atoms with van der Waals surface area (Å²) in [4.78, 5) is 13.8. The Balaban J connectivity index is 2.43. The quantitative estimate of drug-likeness (QED) is 0.802. The van der Waals surface area contributed by atoms with Crippen LogP contribution in [-0.4, -0.2) is 37.7 Å². The third kappa shape index (κ3) is 1.93. The largest absolute Gasteiger partial charge is 0.382 e. The van der Waals surface area contributed by atoms with Crippen molar-refractivity contribution in [3.05, 3.63) is 34.9 Å². The van der Waals surface area contributed by atoms with Crippen molar-refractivity contribution in [1.29, 1.82) is 0 Å². The van der Waals surface area contributed by atoms with Crippen molar-refractivity contribution in [1.82, 2.24) is 4.90 Å². The number of carbonyl (C=O) groups excluding carboxylic acids is 1. The van der Waals surface area contributed by atoms with Gasteiger partial charge < -0.3 is 9.64 Å². The summed E-state index contributed by atoms with van der Waals surface area (Å²) >= 11 is 0. The number of rotatable bonds is 4. The van der Waals surface area contributed by atoms with Crippen molar-refractivity contribution in [2.24, 2.45) is 0 Å². The van der Waals surface area contributed by atoms with Crippen LogP contribution in [0.3, 0.4) is 0 Å². The molecule has 0 saturated carbocycles. The fourth-order valence-corrected chi connectivity index (χ4v) is 2.40. The molecule has 0 radical (unpaired) electrons. The van der Waals surface area contributed by atoms with Crippen LogP contribution < -0.4 is 0 Å². The summed E-state index contributed by atoms with van der Waals surface area (Å²) < 4.78 is 17.7. The van der Waals surface area contributed by atoms with Gasteiger partial charge in [0.15, 0.2) is 0 Å². The van der Waals surface area contributed by atoms with Gasteiger partial charge >= 0.3 is 0 Å². The van der Waals surface area contributed by atoms with Crippen LogP contribution in [0.4, 0.5) is 4.39 Å². The Labute approximate surface area is 100 Å². The van der Waals surface area contributed by atoms with Gasteiger partial charge in [0.2, 0.25) is 0 Å². The number of hydrogen-bond acceptors (Lipinski definition) is 2. The third-order valence-electron chi connectivity index (χ3n) is 3.16. The van der Waals surface area contributed by atoms with Crippen molar-refractivity contribution in [3.63, 3.8) is 0 Å². The predicted octanol–water partition coefficient (Wildman–Crippen LogP) is 2.11. The Morgan fingerprint density at radius 2 is 2.24 bits per heavy atom. The molecular formula is C13H16FNO2.